The van der Waals surface area contributed by atoms with Crippen molar-refractivity contribution in [3.05, 3.63) is 24.5 Å². The Labute approximate surface area is 65.3 Å². The largest absolute Gasteiger partial charge is 0.377 e. The lowest BCUT2D eigenvalue weighted by Gasteiger charge is -1.96. The van der Waals surface area contributed by atoms with Gasteiger partial charge in [-0.15, -0.1) is 6.58 Å². The highest BCUT2D eigenvalue weighted by atomic mass is 16.5. The van der Waals surface area contributed by atoms with Crippen molar-refractivity contribution in [1.29, 1.82) is 0 Å². The third kappa shape index (κ3) is 2.95. The molecule has 4 nitrogen and oxygen atoms in total. The molecule has 0 fully saturated rings. The van der Waals surface area contributed by atoms with Crippen molar-refractivity contribution in [2.75, 3.05) is 13.2 Å². The van der Waals surface area contributed by atoms with Gasteiger partial charge in [-0.3, -0.25) is 0 Å². The van der Waals surface area contributed by atoms with Gasteiger partial charge in [-0.2, -0.15) is 15.4 Å². The van der Waals surface area contributed by atoms with E-state index < -0.39 is 0 Å². The van der Waals surface area contributed by atoms with Crippen molar-refractivity contribution in [2.24, 2.45) is 0 Å². The van der Waals surface area contributed by atoms with E-state index in [1.165, 1.54) is 0 Å². The van der Waals surface area contributed by atoms with Crippen LogP contribution >= 0.6 is 0 Å². The van der Waals surface area contributed by atoms with Crippen LogP contribution in [0, 0.1) is 0 Å². The smallest absolute Gasteiger partial charge is 0.0847 e. The minimum Gasteiger partial charge on any atom is -0.377 e. The van der Waals surface area contributed by atoms with Gasteiger partial charge in [0.15, 0.2) is 0 Å². The van der Waals surface area contributed by atoms with Crippen molar-refractivity contribution in [3.8, 4) is 0 Å². The molecule has 0 aliphatic rings. The van der Waals surface area contributed by atoms with Crippen LogP contribution in [0.1, 0.15) is 5.69 Å². The van der Waals surface area contributed by atoms with E-state index in [-0.39, 0.29) is 0 Å². The fourth-order valence-corrected chi connectivity index (χ4v) is 0.689. The minimum atomic E-state index is 0.595. The van der Waals surface area contributed by atoms with E-state index >= 15 is 0 Å². The van der Waals surface area contributed by atoms with Gasteiger partial charge in [-0.1, -0.05) is 6.08 Å². The molecule has 0 aromatic carbocycles. The highest BCUT2D eigenvalue weighted by molar-refractivity contribution is 4.89. The first-order chi connectivity index (χ1) is 5.43. The number of aromatic nitrogens is 3. The number of ether oxygens (including phenoxy) is 1. The summed E-state index contributed by atoms with van der Waals surface area (Å²) in [6.07, 6.45) is 4.21. The Morgan fingerprint density at radius 2 is 2.64 bits per heavy atom. The van der Waals surface area contributed by atoms with E-state index in [9.17, 15) is 0 Å². The summed E-state index contributed by atoms with van der Waals surface area (Å²) < 4.78 is 5.16. The fraction of sp³-hybridized carbons (Fsp3) is 0.429. The summed E-state index contributed by atoms with van der Waals surface area (Å²) in [6, 6.07) is 0. The summed E-state index contributed by atoms with van der Waals surface area (Å²) in [7, 11) is 0. The van der Waals surface area contributed by atoms with Crippen molar-refractivity contribution in [1.82, 2.24) is 15.4 Å². The molecule has 0 aliphatic heterocycles. The molecule has 0 amide bonds. The zero-order valence-corrected chi connectivity index (χ0v) is 6.29. The second kappa shape index (κ2) is 4.62. The van der Waals surface area contributed by atoms with Gasteiger partial charge in [0.1, 0.15) is 0 Å². The average Bonchev–Trinajstić information content (AvgIpc) is 2.50. The Balaban J connectivity index is 2.09. The maximum Gasteiger partial charge on any atom is 0.0847 e. The van der Waals surface area contributed by atoms with E-state index in [1.807, 2.05) is 0 Å². The fourth-order valence-electron chi connectivity index (χ4n) is 0.689. The van der Waals surface area contributed by atoms with Gasteiger partial charge in [0.05, 0.1) is 25.1 Å². The highest BCUT2D eigenvalue weighted by Gasteiger charge is 1.93. The number of rotatable bonds is 5. The Hall–Kier alpha value is -1.16. The van der Waals surface area contributed by atoms with Crippen molar-refractivity contribution >= 4 is 0 Å². The summed E-state index contributed by atoms with van der Waals surface area (Å²) in [5.74, 6) is 0. The zero-order chi connectivity index (χ0) is 7.94. The molecule has 1 heterocycles. The van der Waals surface area contributed by atoms with Crippen LogP contribution in [0.15, 0.2) is 18.9 Å². The van der Waals surface area contributed by atoms with Crippen LogP contribution in [-0.4, -0.2) is 28.6 Å². The van der Waals surface area contributed by atoms with Gasteiger partial charge < -0.3 is 4.74 Å². The Morgan fingerprint density at radius 3 is 3.27 bits per heavy atom. The lowest BCUT2D eigenvalue weighted by Crippen LogP contribution is -1.98. The van der Waals surface area contributed by atoms with Gasteiger partial charge in [0.25, 0.3) is 0 Å². The molecule has 0 saturated carbocycles. The molecule has 1 aromatic rings. The van der Waals surface area contributed by atoms with Gasteiger partial charge in [0, 0.05) is 6.42 Å². The standard InChI is InChI=1S/C7H11N3O/c1-2-4-11-5-3-7-6-8-10-9-7/h2,6H,1,3-5H2,(H,8,9,10). The average molecular weight is 153 g/mol. The maximum atomic E-state index is 5.16. The molecule has 0 spiro atoms. The van der Waals surface area contributed by atoms with Crippen LogP contribution in [0.4, 0.5) is 0 Å². The molecular weight excluding hydrogens is 142 g/mol. The molecule has 0 bridgehead atoms. The Morgan fingerprint density at radius 1 is 1.73 bits per heavy atom. The molecule has 60 valence electrons. The molecule has 1 N–H and O–H groups in total. The number of nitrogens with zero attached hydrogens (tertiary/aromatic N) is 2. The maximum absolute atomic E-state index is 5.16. The molecule has 0 aliphatic carbocycles. The van der Waals surface area contributed by atoms with E-state index in [0.717, 1.165) is 12.1 Å². The first kappa shape index (κ1) is 7.94. The van der Waals surface area contributed by atoms with Gasteiger partial charge in [-0.05, 0) is 0 Å². The number of hydrogen-bond acceptors (Lipinski definition) is 3. The first-order valence-corrected chi connectivity index (χ1v) is 3.47. The SMILES string of the molecule is C=CCOCCc1cn[nH]n1. The Bertz CT molecular complexity index is 195. The van der Waals surface area contributed by atoms with Gasteiger partial charge in [-0.25, -0.2) is 0 Å². The van der Waals surface area contributed by atoms with Crippen molar-refractivity contribution in [2.45, 2.75) is 6.42 Å². The number of H-pyrrole nitrogens is 1. The van der Waals surface area contributed by atoms with Crippen LogP contribution in [0.3, 0.4) is 0 Å². The number of nitrogens with one attached hydrogen (secondary N) is 1. The topological polar surface area (TPSA) is 50.8 Å². The molecule has 0 atom stereocenters. The Kier molecular flexibility index (Phi) is 3.34. The van der Waals surface area contributed by atoms with Crippen molar-refractivity contribution < 1.29 is 4.74 Å². The molecule has 0 unspecified atom stereocenters. The lowest BCUT2D eigenvalue weighted by molar-refractivity contribution is 0.165. The predicted octanol–water partition coefficient (Wildman–Crippen LogP) is 0.550. The van der Waals surface area contributed by atoms with E-state index in [1.54, 1.807) is 12.3 Å². The summed E-state index contributed by atoms with van der Waals surface area (Å²) in [6.45, 7) is 4.80. The predicted molar refractivity (Wildman–Crippen MR) is 41.1 cm³/mol. The minimum absolute atomic E-state index is 0.595. The molecule has 0 saturated heterocycles. The third-order valence-corrected chi connectivity index (χ3v) is 1.20. The van der Waals surface area contributed by atoms with E-state index in [2.05, 4.69) is 22.0 Å². The summed E-state index contributed by atoms with van der Waals surface area (Å²) in [5.41, 5.74) is 0.925. The molecule has 1 rings (SSSR count). The molecule has 1 aromatic heterocycles. The van der Waals surface area contributed by atoms with Gasteiger partial charge >= 0.3 is 0 Å². The van der Waals surface area contributed by atoms with Crippen molar-refractivity contribution in [3.63, 3.8) is 0 Å². The van der Waals surface area contributed by atoms with Gasteiger partial charge in [0.2, 0.25) is 0 Å². The quantitative estimate of drug-likeness (QED) is 0.496. The van der Waals surface area contributed by atoms with Crippen LogP contribution in [0.2, 0.25) is 0 Å². The molecular formula is C7H11N3O. The van der Waals surface area contributed by atoms with Crippen LogP contribution < -0.4 is 0 Å². The molecule has 11 heavy (non-hydrogen) atoms. The molecule has 4 heteroatoms. The van der Waals surface area contributed by atoms with Crippen LogP contribution in [0.5, 0.6) is 0 Å². The summed E-state index contributed by atoms with van der Waals surface area (Å²) >= 11 is 0. The van der Waals surface area contributed by atoms with Crippen LogP contribution in [-0.2, 0) is 11.2 Å². The third-order valence-electron chi connectivity index (χ3n) is 1.20. The van der Waals surface area contributed by atoms with E-state index in [4.69, 9.17) is 4.74 Å². The second-order valence-electron chi connectivity index (χ2n) is 2.07. The summed E-state index contributed by atoms with van der Waals surface area (Å²) in [5, 5.41) is 10.1. The monoisotopic (exact) mass is 153 g/mol. The summed E-state index contributed by atoms with van der Waals surface area (Å²) in [4.78, 5) is 0. The highest BCUT2D eigenvalue weighted by Crippen LogP contribution is 1.90. The number of hydrogen-bond donors (Lipinski definition) is 1. The normalized spacial score (nSPS) is 9.82. The first-order valence-electron chi connectivity index (χ1n) is 3.47. The van der Waals surface area contributed by atoms with Crippen LogP contribution in [0.25, 0.3) is 0 Å². The second-order valence-corrected chi connectivity index (χ2v) is 2.07. The molecule has 0 radical (unpaired) electrons. The number of aromatic amines is 1. The lowest BCUT2D eigenvalue weighted by atomic mass is 10.3. The van der Waals surface area contributed by atoms with E-state index in [0.29, 0.717) is 13.2 Å². The zero-order valence-electron chi connectivity index (χ0n) is 6.29.